The Bertz CT molecular complexity index is 398. The van der Waals surface area contributed by atoms with Crippen LogP contribution in [-0.4, -0.2) is 11.9 Å². The number of hydrogen-bond donors (Lipinski definition) is 1. The fourth-order valence-corrected chi connectivity index (χ4v) is 1.14. The van der Waals surface area contributed by atoms with Crippen molar-refractivity contribution in [3.8, 4) is 6.07 Å². The molecule has 0 saturated heterocycles. The van der Waals surface area contributed by atoms with Crippen LogP contribution in [0.1, 0.15) is 12.5 Å². The van der Waals surface area contributed by atoms with Gasteiger partial charge in [-0.3, -0.25) is 4.79 Å². The number of benzene rings is 1. The molecular formula is C11H11FN2O. The van der Waals surface area contributed by atoms with Crippen LogP contribution >= 0.6 is 0 Å². The fraction of sp³-hybridized carbons (Fsp3) is 0.273. The number of hydrogen-bond acceptors (Lipinski definition) is 2. The van der Waals surface area contributed by atoms with Crippen LogP contribution < -0.4 is 5.32 Å². The van der Waals surface area contributed by atoms with Crippen molar-refractivity contribution >= 4 is 5.91 Å². The van der Waals surface area contributed by atoms with E-state index in [1.165, 1.54) is 6.07 Å². The molecule has 0 bridgehead atoms. The molecule has 15 heavy (non-hydrogen) atoms. The summed E-state index contributed by atoms with van der Waals surface area (Å²) in [6, 6.07) is 7.40. The van der Waals surface area contributed by atoms with E-state index in [2.05, 4.69) is 5.32 Å². The van der Waals surface area contributed by atoms with E-state index in [-0.39, 0.29) is 12.3 Å². The van der Waals surface area contributed by atoms with Gasteiger partial charge in [0.25, 0.3) is 0 Å². The van der Waals surface area contributed by atoms with Gasteiger partial charge in [0, 0.05) is 0 Å². The minimum Gasteiger partial charge on any atom is -0.340 e. The molecule has 0 fully saturated rings. The van der Waals surface area contributed by atoms with Gasteiger partial charge in [0.1, 0.15) is 11.9 Å². The lowest BCUT2D eigenvalue weighted by molar-refractivity contribution is -0.120. The summed E-state index contributed by atoms with van der Waals surface area (Å²) in [5.74, 6) is -0.758. The molecule has 1 aromatic rings. The van der Waals surface area contributed by atoms with Crippen LogP contribution in [0.2, 0.25) is 0 Å². The summed E-state index contributed by atoms with van der Waals surface area (Å²) in [6.45, 7) is 1.57. The molecule has 4 heteroatoms. The first-order chi connectivity index (χ1) is 7.13. The van der Waals surface area contributed by atoms with Crippen LogP contribution in [0.15, 0.2) is 24.3 Å². The maximum atomic E-state index is 13.1. The second-order valence-corrected chi connectivity index (χ2v) is 3.19. The van der Waals surface area contributed by atoms with E-state index < -0.39 is 11.9 Å². The highest BCUT2D eigenvalue weighted by atomic mass is 19.1. The SMILES string of the molecule is CC(C#N)NC(=O)Cc1ccccc1F. The number of halogens is 1. The standard InChI is InChI=1S/C11H11FN2O/c1-8(7-13)14-11(15)6-9-4-2-3-5-10(9)12/h2-5,8H,6H2,1H3,(H,14,15). The second kappa shape index (κ2) is 5.11. The summed E-state index contributed by atoms with van der Waals surface area (Å²) in [4.78, 5) is 11.3. The summed E-state index contributed by atoms with van der Waals surface area (Å²) >= 11 is 0. The lowest BCUT2D eigenvalue weighted by Gasteiger charge is -2.06. The Balaban J connectivity index is 2.60. The van der Waals surface area contributed by atoms with E-state index in [9.17, 15) is 9.18 Å². The molecule has 0 heterocycles. The van der Waals surface area contributed by atoms with Gasteiger partial charge in [0.05, 0.1) is 12.5 Å². The highest BCUT2D eigenvalue weighted by Crippen LogP contribution is 2.06. The third-order valence-corrected chi connectivity index (χ3v) is 1.88. The van der Waals surface area contributed by atoms with Crippen LogP contribution in [0.5, 0.6) is 0 Å². The summed E-state index contributed by atoms with van der Waals surface area (Å²) in [6.07, 6.45) is -0.0430. The lowest BCUT2D eigenvalue weighted by atomic mass is 10.1. The number of nitrogens with one attached hydrogen (secondary N) is 1. The second-order valence-electron chi connectivity index (χ2n) is 3.19. The molecule has 0 aliphatic rings. The molecule has 1 rings (SSSR count). The van der Waals surface area contributed by atoms with E-state index in [0.29, 0.717) is 5.56 Å². The van der Waals surface area contributed by atoms with Gasteiger partial charge >= 0.3 is 0 Å². The largest absolute Gasteiger partial charge is 0.340 e. The quantitative estimate of drug-likeness (QED) is 0.812. The number of amides is 1. The predicted molar refractivity (Wildman–Crippen MR) is 53.3 cm³/mol. The molecule has 0 aromatic heterocycles. The smallest absolute Gasteiger partial charge is 0.225 e. The van der Waals surface area contributed by atoms with Crippen LogP contribution in [0.3, 0.4) is 0 Å². The van der Waals surface area contributed by atoms with Gasteiger partial charge in [-0.25, -0.2) is 4.39 Å². The van der Waals surface area contributed by atoms with Crippen LogP contribution in [0.25, 0.3) is 0 Å². The first-order valence-electron chi connectivity index (χ1n) is 4.56. The highest BCUT2D eigenvalue weighted by Gasteiger charge is 2.09. The van der Waals surface area contributed by atoms with Gasteiger partial charge in [-0.2, -0.15) is 5.26 Å². The number of carbonyl (C=O) groups is 1. The molecule has 1 amide bonds. The first kappa shape index (κ1) is 11.2. The Morgan fingerprint density at radius 1 is 1.60 bits per heavy atom. The Labute approximate surface area is 87.5 Å². The third kappa shape index (κ3) is 3.39. The van der Waals surface area contributed by atoms with Crippen molar-refractivity contribution in [1.29, 1.82) is 5.26 Å². The molecule has 0 radical (unpaired) electrons. The highest BCUT2D eigenvalue weighted by molar-refractivity contribution is 5.79. The fourth-order valence-electron chi connectivity index (χ4n) is 1.14. The summed E-state index contributed by atoms with van der Waals surface area (Å²) < 4.78 is 13.1. The molecule has 0 aliphatic carbocycles. The predicted octanol–water partition coefficient (Wildman–Crippen LogP) is 1.40. The van der Waals surface area contributed by atoms with Crippen molar-refractivity contribution in [1.82, 2.24) is 5.32 Å². The topological polar surface area (TPSA) is 52.9 Å². The molecule has 0 spiro atoms. The Morgan fingerprint density at radius 2 is 2.27 bits per heavy atom. The molecule has 0 saturated carbocycles. The molecule has 78 valence electrons. The minimum atomic E-state index is -0.552. The van der Waals surface area contributed by atoms with Gasteiger partial charge < -0.3 is 5.32 Å². The Morgan fingerprint density at radius 3 is 2.87 bits per heavy atom. The molecule has 1 unspecified atom stereocenters. The number of carbonyl (C=O) groups excluding carboxylic acids is 1. The molecule has 1 atom stereocenters. The van der Waals surface area contributed by atoms with Crippen LogP contribution in [0.4, 0.5) is 4.39 Å². The molecule has 0 aliphatic heterocycles. The van der Waals surface area contributed by atoms with E-state index in [1.54, 1.807) is 25.1 Å². The number of nitrogens with zero attached hydrogens (tertiary/aromatic N) is 1. The van der Waals surface area contributed by atoms with E-state index in [0.717, 1.165) is 0 Å². The van der Waals surface area contributed by atoms with Gasteiger partial charge in [0.2, 0.25) is 5.91 Å². The van der Waals surface area contributed by atoms with E-state index in [4.69, 9.17) is 5.26 Å². The number of rotatable bonds is 3. The van der Waals surface area contributed by atoms with E-state index >= 15 is 0 Å². The maximum Gasteiger partial charge on any atom is 0.225 e. The van der Waals surface area contributed by atoms with Crippen molar-refractivity contribution in [2.45, 2.75) is 19.4 Å². The third-order valence-electron chi connectivity index (χ3n) is 1.88. The molecule has 1 N–H and O–H groups in total. The normalized spacial score (nSPS) is 11.5. The maximum absolute atomic E-state index is 13.1. The lowest BCUT2D eigenvalue weighted by Crippen LogP contribution is -2.32. The van der Waals surface area contributed by atoms with Crippen LogP contribution in [0, 0.1) is 17.1 Å². The summed E-state index contributed by atoms with van der Waals surface area (Å²) in [5.41, 5.74) is 0.333. The Hall–Kier alpha value is -1.89. The summed E-state index contributed by atoms with van der Waals surface area (Å²) in [7, 11) is 0. The Kier molecular flexibility index (Phi) is 3.81. The van der Waals surface area contributed by atoms with Crippen molar-refractivity contribution in [3.05, 3.63) is 35.6 Å². The van der Waals surface area contributed by atoms with Gasteiger partial charge in [0.15, 0.2) is 0 Å². The monoisotopic (exact) mass is 206 g/mol. The van der Waals surface area contributed by atoms with Gasteiger partial charge in [-0.05, 0) is 18.6 Å². The zero-order chi connectivity index (χ0) is 11.3. The van der Waals surface area contributed by atoms with Gasteiger partial charge in [-0.1, -0.05) is 18.2 Å². The summed E-state index contributed by atoms with van der Waals surface area (Å²) in [5, 5.41) is 10.9. The minimum absolute atomic E-state index is 0.0430. The van der Waals surface area contributed by atoms with Crippen molar-refractivity contribution in [2.75, 3.05) is 0 Å². The van der Waals surface area contributed by atoms with Gasteiger partial charge in [-0.15, -0.1) is 0 Å². The average Bonchev–Trinajstić information content (AvgIpc) is 2.21. The van der Waals surface area contributed by atoms with E-state index in [1.807, 2.05) is 6.07 Å². The van der Waals surface area contributed by atoms with Crippen LogP contribution in [-0.2, 0) is 11.2 Å². The van der Waals surface area contributed by atoms with Crippen molar-refractivity contribution in [2.24, 2.45) is 0 Å². The number of nitriles is 1. The average molecular weight is 206 g/mol. The first-order valence-corrected chi connectivity index (χ1v) is 4.56. The zero-order valence-electron chi connectivity index (χ0n) is 8.33. The zero-order valence-corrected chi connectivity index (χ0v) is 8.33. The molecule has 3 nitrogen and oxygen atoms in total. The van der Waals surface area contributed by atoms with Crippen molar-refractivity contribution < 1.29 is 9.18 Å². The molecule has 1 aromatic carbocycles. The van der Waals surface area contributed by atoms with Crippen molar-refractivity contribution in [3.63, 3.8) is 0 Å². The molecular weight excluding hydrogens is 195 g/mol.